The van der Waals surface area contributed by atoms with Gasteiger partial charge in [0.15, 0.2) is 0 Å². The summed E-state index contributed by atoms with van der Waals surface area (Å²) >= 11 is 0. The van der Waals surface area contributed by atoms with Gasteiger partial charge in [-0.2, -0.15) is 0 Å². The van der Waals surface area contributed by atoms with Crippen LogP contribution in [0.5, 0.6) is 0 Å². The molecule has 0 spiro atoms. The van der Waals surface area contributed by atoms with Gasteiger partial charge >= 0.3 is 6.03 Å². The molecule has 1 saturated carbocycles. The van der Waals surface area contributed by atoms with Crippen molar-refractivity contribution in [2.45, 2.75) is 38.3 Å². The Hall–Kier alpha value is -1.91. The summed E-state index contributed by atoms with van der Waals surface area (Å²) in [5.41, 5.74) is 0.955. The third kappa shape index (κ3) is 2.32. The van der Waals surface area contributed by atoms with E-state index in [-0.39, 0.29) is 18.0 Å². The Labute approximate surface area is 112 Å². The van der Waals surface area contributed by atoms with Gasteiger partial charge in [0.05, 0.1) is 6.54 Å². The van der Waals surface area contributed by atoms with Crippen LogP contribution >= 0.6 is 0 Å². The summed E-state index contributed by atoms with van der Waals surface area (Å²) in [5.74, 6) is 0.653. The molecule has 1 aliphatic carbocycles. The van der Waals surface area contributed by atoms with Crippen LogP contribution in [0, 0.1) is 11.3 Å². The van der Waals surface area contributed by atoms with Gasteiger partial charge in [0.25, 0.3) is 0 Å². The van der Waals surface area contributed by atoms with Crippen LogP contribution in [-0.4, -0.2) is 27.8 Å². The maximum atomic E-state index is 12.1. The van der Waals surface area contributed by atoms with Crippen molar-refractivity contribution in [1.29, 1.82) is 5.41 Å². The van der Waals surface area contributed by atoms with Crippen molar-refractivity contribution in [3.05, 3.63) is 30.1 Å². The summed E-state index contributed by atoms with van der Waals surface area (Å²) in [6.07, 6.45) is 7.76. The van der Waals surface area contributed by atoms with Crippen molar-refractivity contribution in [3.8, 4) is 0 Å². The Morgan fingerprint density at radius 1 is 1.42 bits per heavy atom. The van der Waals surface area contributed by atoms with E-state index in [0.717, 1.165) is 31.2 Å². The average molecular weight is 258 g/mol. The second-order valence-electron chi connectivity index (χ2n) is 5.28. The van der Waals surface area contributed by atoms with Gasteiger partial charge in [-0.05, 0) is 24.5 Å². The largest absolute Gasteiger partial charge is 0.334 e. The van der Waals surface area contributed by atoms with E-state index < -0.39 is 0 Å². The highest BCUT2D eigenvalue weighted by atomic mass is 16.2. The first-order valence-electron chi connectivity index (χ1n) is 6.81. The molecular formula is C14H18N4O. The van der Waals surface area contributed by atoms with Crippen LogP contribution in [0.4, 0.5) is 4.79 Å². The quantitative estimate of drug-likeness (QED) is 0.853. The van der Waals surface area contributed by atoms with E-state index in [2.05, 4.69) is 10.3 Å². The summed E-state index contributed by atoms with van der Waals surface area (Å²) in [7, 11) is 0. The van der Waals surface area contributed by atoms with Crippen LogP contribution in [0.1, 0.15) is 31.2 Å². The number of nitrogens with one attached hydrogen (secondary N) is 2. The van der Waals surface area contributed by atoms with Gasteiger partial charge in [0.2, 0.25) is 0 Å². The summed E-state index contributed by atoms with van der Waals surface area (Å²) in [6, 6.07) is 3.81. The fourth-order valence-electron chi connectivity index (χ4n) is 3.01. The number of hydrogen-bond acceptors (Lipinski definition) is 3. The lowest BCUT2D eigenvalue weighted by Crippen LogP contribution is -2.60. The van der Waals surface area contributed by atoms with Crippen molar-refractivity contribution >= 4 is 11.9 Å². The minimum Gasteiger partial charge on any atom is -0.334 e. The van der Waals surface area contributed by atoms with E-state index in [0.29, 0.717) is 12.4 Å². The Balaban J connectivity index is 1.77. The Kier molecular flexibility index (Phi) is 3.19. The van der Waals surface area contributed by atoms with Crippen LogP contribution in [0.3, 0.4) is 0 Å². The number of amidine groups is 1. The zero-order valence-electron chi connectivity index (χ0n) is 10.8. The standard InChI is InChI=1S/C14H18N4O/c15-13-11-5-1-2-6-12(11)17-14(19)18(13)9-10-4-3-7-16-8-10/h3-4,7-8,11-12,15H,1-2,5-6,9H2,(H,17,19). The van der Waals surface area contributed by atoms with E-state index in [1.165, 1.54) is 0 Å². The van der Waals surface area contributed by atoms with Gasteiger partial charge in [0.1, 0.15) is 5.84 Å². The Morgan fingerprint density at radius 2 is 2.26 bits per heavy atom. The molecule has 2 unspecified atom stereocenters. The summed E-state index contributed by atoms with van der Waals surface area (Å²) < 4.78 is 0. The molecule has 1 aromatic heterocycles. The van der Waals surface area contributed by atoms with E-state index in [9.17, 15) is 4.79 Å². The molecule has 2 heterocycles. The molecule has 2 atom stereocenters. The molecule has 3 rings (SSSR count). The number of nitrogens with zero attached hydrogens (tertiary/aromatic N) is 2. The molecule has 2 fully saturated rings. The molecule has 1 aromatic rings. The fraction of sp³-hybridized carbons (Fsp3) is 0.500. The molecule has 1 saturated heterocycles. The number of carbonyl (C=O) groups excluding carboxylic acids is 1. The van der Waals surface area contributed by atoms with Gasteiger partial charge in [-0.25, -0.2) is 4.79 Å². The van der Waals surface area contributed by atoms with Crippen LogP contribution in [0.15, 0.2) is 24.5 Å². The van der Waals surface area contributed by atoms with E-state index in [1.54, 1.807) is 17.3 Å². The molecule has 5 nitrogen and oxygen atoms in total. The lowest BCUT2D eigenvalue weighted by atomic mass is 9.82. The van der Waals surface area contributed by atoms with Crippen LogP contribution in [-0.2, 0) is 6.54 Å². The number of hydrogen-bond donors (Lipinski definition) is 2. The third-order valence-electron chi connectivity index (χ3n) is 4.03. The number of aromatic nitrogens is 1. The highest BCUT2D eigenvalue weighted by Crippen LogP contribution is 2.29. The van der Waals surface area contributed by atoms with Gasteiger partial charge in [-0.15, -0.1) is 0 Å². The van der Waals surface area contributed by atoms with Gasteiger partial charge in [-0.3, -0.25) is 15.3 Å². The van der Waals surface area contributed by atoms with Crippen LogP contribution in [0.2, 0.25) is 0 Å². The molecule has 2 amide bonds. The van der Waals surface area contributed by atoms with Crippen molar-refractivity contribution in [3.63, 3.8) is 0 Å². The van der Waals surface area contributed by atoms with E-state index in [1.807, 2.05) is 12.1 Å². The molecule has 1 aliphatic heterocycles. The summed E-state index contributed by atoms with van der Waals surface area (Å²) in [5, 5.41) is 11.3. The highest BCUT2D eigenvalue weighted by Gasteiger charge is 2.39. The molecule has 2 N–H and O–H groups in total. The number of rotatable bonds is 2. The maximum Gasteiger partial charge on any atom is 0.323 e. The predicted octanol–water partition coefficient (Wildman–Crippen LogP) is 2.14. The van der Waals surface area contributed by atoms with Gasteiger partial charge in [0, 0.05) is 24.4 Å². The Morgan fingerprint density at radius 3 is 3.05 bits per heavy atom. The van der Waals surface area contributed by atoms with Crippen molar-refractivity contribution in [1.82, 2.24) is 15.2 Å². The molecule has 100 valence electrons. The Bertz CT molecular complexity index is 487. The number of pyridine rings is 1. The third-order valence-corrected chi connectivity index (χ3v) is 4.03. The predicted molar refractivity (Wildman–Crippen MR) is 71.8 cm³/mol. The normalized spacial score (nSPS) is 26.8. The van der Waals surface area contributed by atoms with E-state index >= 15 is 0 Å². The number of carbonyl (C=O) groups is 1. The van der Waals surface area contributed by atoms with Crippen LogP contribution < -0.4 is 5.32 Å². The SMILES string of the molecule is N=C1C2CCCCC2NC(=O)N1Cc1cccnc1. The second kappa shape index (κ2) is 4.99. The lowest BCUT2D eigenvalue weighted by molar-refractivity contribution is 0.187. The molecule has 0 aromatic carbocycles. The first kappa shape index (κ1) is 12.1. The van der Waals surface area contributed by atoms with E-state index in [4.69, 9.17) is 5.41 Å². The van der Waals surface area contributed by atoms with Crippen molar-refractivity contribution in [2.24, 2.45) is 5.92 Å². The topological polar surface area (TPSA) is 69.1 Å². The first-order valence-corrected chi connectivity index (χ1v) is 6.81. The zero-order valence-corrected chi connectivity index (χ0v) is 10.8. The second-order valence-corrected chi connectivity index (χ2v) is 5.28. The van der Waals surface area contributed by atoms with Crippen LogP contribution in [0.25, 0.3) is 0 Å². The molecule has 0 radical (unpaired) electrons. The summed E-state index contributed by atoms with van der Waals surface area (Å²) in [4.78, 5) is 17.7. The minimum absolute atomic E-state index is 0.142. The number of fused-ring (bicyclic) bond motifs is 1. The van der Waals surface area contributed by atoms with Crippen molar-refractivity contribution in [2.75, 3.05) is 0 Å². The molecular weight excluding hydrogens is 240 g/mol. The molecule has 19 heavy (non-hydrogen) atoms. The maximum absolute atomic E-state index is 12.1. The summed E-state index contributed by atoms with van der Waals surface area (Å²) in [6.45, 7) is 0.432. The van der Waals surface area contributed by atoms with Gasteiger partial charge in [-0.1, -0.05) is 18.9 Å². The number of urea groups is 1. The zero-order chi connectivity index (χ0) is 13.2. The fourth-order valence-corrected chi connectivity index (χ4v) is 3.01. The highest BCUT2D eigenvalue weighted by molar-refractivity contribution is 6.00. The average Bonchev–Trinajstić information content (AvgIpc) is 2.45. The minimum atomic E-state index is -0.142. The van der Waals surface area contributed by atoms with Crippen molar-refractivity contribution < 1.29 is 4.79 Å². The smallest absolute Gasteiger partial charge is 0.323 e. The monoisotopic (exact) mass is 258 g/mol. The molecule has 5 heteroatoms. The molecule has 0 bridgehead atoms. The first-order chi connectivity index (χ1) is 9.25. The van der Waals surface area contributed by atoms with Gasteiger partial charge < -0.3 is 5.32 Å². The number of amides is 2. The lowest BCUT2D eigenvalue weighted by Gasteiger charge is -2.41. The molecule has 2 aliphatic rings.